The van der Waals surface area contributed by atoms with Crippen LogP contribution in [0.5, 0.6) is 0 Å². The summed E-state index contributed by atoms with van der Waals surface area (Å²) in [6.45, 7) is 2.12. The molecule has 0 spiro atoms. The van der Waals surface area contributed by atoms with Crippen molar-refractivity contribution in [2.45, 2.75) is 18.6 Å². The highest BCUT2D eigenvalue weighted by Gasteiger charge is 2.27. The van der Waals surface area contributed by atoms with Crippen molar-refractivity contribution in [2.24, 2.45) is 0 Å². The van der Waals surface area contributed by atoms with Crippen molar-refractivity contribution in [3.05, 3.63) is 40.8 Å². The molecule has 2 aromatic rings. The minimum Gasteiger partial charge on any atom is -0.382 e. The summed E-state index contributed by atoms with van der Waals surface area (Å²) in [6, 6.07) is 8.42. The molecule has 3 rings (SSSR count). The number of methoxy groups -OCH3 is 1. The Balaban J connectivity index is 1.61. The van der Waals surface area contributed by atoms with Crippen molar-refractivity contribution in [2.75, 3.05) is 26.9 Å². The van der Waals surface area contributed by atoms with Gasteiger partial charge in [-0.1, -0.05) is 28.1 Å². The number of aromatic amines is 1. The minimum absolute atomic E-state index is 0.219. The smallest absolute Gasteiger partial charge is 0.123 e. The molecule has 6 heteroatoms. The molecular weight excluding hydrogens is 346 g/mol. The fraction of sp³-hybridized carbons (Fsp3) is 0.438. The summed E-state index contributed by atoms with van der Waals surface area (Å²) in [5.41, 5.74) is 2.17. The number of imidazole rings is 1. The van der Waals surface area contributed by atoms with Gasteiger partial charge in [0, 0.05) is 18.1 Å². The van der Waals surface area contributed by atoms with Gasteiger partial charge in [0.15, 0.2) is 0 Å². The Bertz CT molecular complexity index is 600. The Hall–Kier alpha value is -1.21. The van der Waals surface area contributed by atoms with E-state index >= 15 is 0 Å². The van der Waals surface area contributed by atoms with Crippen molar-refractivity contribution in [1.82, 2.24) is 15.3 Å². The summed E-state index contributed by atoms with van der Waals surface area (Å²) >= 11 is 3.45. The number of H-pyrrole nitrogens is 1. The fourth-order valence-corrected chi connectivity index (χ4v) is 2.89. The van der Waals surface area contributed by atoms with E-state index in [-0.39, 0.29) is 12.1 Å². The van der Waals surface area contributed by atoms with E-state index in [0.717, 1.165) is 34.5 Å². The van der Waals surface area contributed by atoms with Gasteiger partial charge in [-0.3, -0.25) is 0 Å². The zero-order valence-electron chi connectivity index (χ0n) is 12.5. The molecule has 0 bridgehead atoms. The molecule has 2 atom stereocenters. The highest BCUT2D eigenvalue weighted by molar-refractivity contribution is 9.10. The molecular formula is C16H20BrN3O2. The molecule has 0 unspecified atom stereocenters. The molecule has 0 saturated carbocycles. The monoisotopic (exact) mass is 365 g/mol. The topological polar surface area (TPSA) is 59.2 Å². The number of aromatic nitrogens is 2. The van der Waals surface area contributed by atoms with Crippen LogP contribution in [0.4, 0.5) is 0 Å². The van der Waals surface area contributed by atoms with Crippen molar-refractivity contribution >= 4 is 15.9 Å². The fourth-order valence-electron chi connectivity index (χ4n) is 2.63. The zero-order valence-corrected chi connectivity index (χ0v) is 14.1. The summed E-state index contributed by atoms with van der Waals surface area (Å²) in [5.74, 6) is 0.968. The van der Waals surface area contributed by atoms with E-state index in [4.69, 9.17) is 9.47 Å². The third-order valence-electron chi connectivity index (χ3n) is 3.81. The summed E-state index contributed by atoms with van der Waals surface area (Å²) < 4.78 is 11.8. The van der Waals surface area contributed by atoms with Crippen LogP contribution in [0.25, 0.3) is 11.3 Å². The Labute approximate surface area is 138 Å². The maximum absolute atomic E-state index is 5.77. The first-order valence-corrected chi connectivity index (χ1v) is 8.20. The van der Waals surface area contributed by atoms with Crippen LogP contribution in [0.1, 0.15) is 18.3 Å². The van der Waals surface area contributed by atoms with Gasteiger partial charge in [-0.05, 0) is 24.1 Å². The van der Waals surface area contributed by atoms with Crippen LogP contribution in [-0.2, 0) is 9.47 Å². The van der Waals surface area contributed by atoms with Crippen molar-refractivity contribution in [1.29, 1.82) is 0 Å². The average Bonchev–Trinajstić information content (AvgIpc) is 3.17. The number of nitrogens with zero attached hydrogens (tertiary/aromatic N) is 1. The number of benzene rings is 1. The molecule has 0 amide bonds. The lowest BCUT2D eigenvalue weighted by molar-refractivity contribution is 0.0260. The largest absolute Gasteiger partial charge is 0.382 e. The first-order valence-electron chi connectivity index (χ1n) is 7.41. The molecule has 5 nitrogen and oxygen atoms in total. The normalized spacial score (nSPS) is 21.4. The summed E-state index contributed by atoms with van der Waals surface area (Å²) in [7, 11) is 1.69. The van der Waals surface area contributed by atoms with Crippen molar-refractivity contribution in [3.63, 3.8) is 0 Å². The summed E-state index contributed by atoms with van der Waals surface area (Å²) in [5, 5.41) is 3.46. The van der Waals surface area contributed by atoms with E-state index in [1.165, 1.54) is 0 Å². The Kier molecular flexibility index (Phi) is 5.25. The lowest BCUT2D eigenvalue weighted by Crippen LogP contribution is -2.19. The van der Waals surface area contributed by atoms with E-state index in [2.05, 4.69) is 43.3 Å². The van der Waals surface area contributed by atoms with Gasteiger partial charge in [-0.25, -0.2) is 4.98 Å². The molecule has 1 saturated heterocycles. The van der Waals surface area contributed by atoms with E-state index in [1.54, 1.807) is 7.11 Å². The number of rotatable bonds is 6. The van der Waals surface area contributed by atoms with Crippen LogP contribution in [0.15, 0.2) is 34.9 Å². The van der Waals surface area contributed by atoms with E-state index in [0.29, 0.717) is 13.2 Å². The van der Waals surface area contributed by atoms with Crippen LogP contribution in [0, 0.1) is 0 Å². The van der Waals surface area contributed by atoms with Crippen LogP contribution >= 0.6 is 15.9 Å². The summed E-state index contributed by atoms with van der Waals surface area (Å²) in [6.07, 6.45) is 3.04. The van der Waals surface area contributed by atoms with Gasteiger partial charge in [0.05, 0.1) is 37.3 Å². The SMILES string of the molecule is COCCO[C@@H]1CN[C@H](c2ncc(-c3ccc(Br)cc3)[nH]2)C1. The molecule has 22 heavy (non-hydrogen) atoms. The van der Waals surface area contributed by atoms with Crippen LogP contribution in [0.3, 0.4) is 0 Å². The molecule has 2 heterocycles. The number of nitrogens with one attached hydrogen (secondary N) is 2. The summed E-state index contributed by atoms with van der Waals surface area (Å²) in [4.78, 5) is 7.93. The molecule has 2 N–H and O–H groups in total. The molecule has 118 valence electrons. The second-order valence-corrected chi connectivity index (χ2v) is 6.29. The third kappa shape index (κ3) is 3.76. The molecule has 1 aliphatic rings. The van der Waals surface area contributed by atoms with E-state index in [1.807, 2.05) is 18.3 Å². The van der Waals surface area contributed by atoms with E-state index in [9.17, 15) is 0 Å². The maximum Gasteiger partial charge on any atom is 0.123 e. The maximum atomic E-state index is 5.77. The van der Waals surface area contributed by atoms with Crippen molar-refractivity contribution < 1.29 is 9.47 Å². The number of hydrogen-bond donors (Lipinski definition) is 2. The Morgan fingerprint density at radius 2 is 2.09 bits per heavy atom. The minimum atomic E-state index is 0.219. The molecule has 1 aromatic carbocycles. The van der Waals surface area contributed by atoms with Gasteiger partial charge in [-0.15, -0.1) is 0 Å². The van der Waals surface area contributed by atoms with Gasteiger partial charge in [0.2, 0.25) is 0 Å². The number of ether oxygens (including phenoxy) is 2. The lowest BCUT2D eigenvalue weighted by Gasteiger charge is -2.10. The molecule has 0 radical (unpaired) electrons. The predicted molar refractivity (Wildman–Crippen MR) is 88.7 cm³/mol. The third-order valence-corrected chi connectivity index (χ3v) is 4.34. The second-order valence-electron chi connectivity index (χ2n) is 5.37. The van der Waals surface area contributed by atoms with Crippen LogP contribution in [-0.4, -0.2) is 42.9 Å². The van der Waals surface area contributed by atoms with Gasteiger partial charge < -0.3 is 19.8 Å². The molecule has 1 fully saturated rings. The first-order chi connectivity index (χ1) is 10.8. The van der Waals surface area contributed by atoms with Crippen molar-refractivity contribution in [3.8, 4) is 11.3 Å². The van der Waals surface area contributed by atoms with E-state index < -0.39 is 0 Å². The highest BCUT2D eigenvalue weighted by atomic mass is 79.9. The Morgan fingerprint density at radius 3 is 2.86 bits per heavy atom. The van der Waals surface area contributed by atoms with Crippen LogP contribution < -0.4 is 5.32 Å². The zero-order chi connectivity index (χ0) is 15.4. The van der Waals surface area contributed by atoms with Gasteiger partial charge in [0.25, 0.3) is 0 Å². The predicted octanol–water partition coefficient (Wildman–Crippen LogP) is 2.91. The number of halogens is 1. The first kappa shape index (κ1) is 15.7. The quantitative estimate of drug-likeness (QED) is 0.772. The molecule has 0 aliphatic carbocycles. The van der Waals surface area contributed by atoms with Crippen LogP contribution in [0.2, 0.25) is 0 Å². The molecule has 1 aliphatic heterocycles. The average molecular weight is 366 g/mol. The van der Waals surface area contributed by atoms with Gasteiger partial charge in [0.1, 0.15) is 5.82 Å². The molecule has 1 aromatic heterocycles. The lowest BCUT2D eigenvalue weighted by atomic mass is 10.2. The van der Waals surface area contributed by atoms with Gasteiger partial charge >= 0.3 is 0 Å². The number of hydrogen-bond acceptors (Lipinski definition) is 4. The second kappa shape index (κ2) is 7.37. The van der Waals surface area contributed by atoms with Gasteiger partial charge in [-0.2, -0.15) is 0 Å². The Morgan fingerprint density at radius 1 is 1.27 bits per heavy atom. The standard InChI is InChI=1S/C16H20BrN3O2/c1-21-6-7-22-13-8-14(18-9-13)16-19-10-15(20-16)11-2-4-12(17)5-3-11/h2-5,10,13-14,18H,6-9H2,1H3,(H,19,20)/t13-,14-/m0/s1. The highest BCUT2D eigenvalue weighted by Crippen LogP contribution is 2.26.